The average Bonchev–Trinajstić information content (AvgIpc) is 3.16. The van der Waals surface area contributed by atoms with E-state index < -0.39 is 0 Å². The van der Waals surface area contributed by atoms with Gasteiger partial charge in [-0.05, 0) is 36.1 Å². The SMILES string of the molecule is Cc1ccccc1[C@@H]1[C@H]2CNC[C@H]2CN1C(=O)c1ccc(O)cn1. The number of hydrogen-bond donors (Lipinski definition) is 2. The maximum Gasteiger partial charge on any atom is 0.272 e. The van der Waals surface area contributed by atoms with Gasteiger partial charge in [0.2, 0.25) is 0 Å². The second-order valence-corrected chi connectivity index (χ2v) is 6.74. The lowest BCUT2D eigenvalue weighted by molar-refractivity contribution is 0.0707. The Bertz CT molecular complexity index is 759. The number of aryl methyl sites for hydroxylation is 1. The van der Waals surface area contributed by atoms with E-state index in [-0.39, 0.29) is 17.7 Å². The Morgan fingerprint density at radius 2 is 2.08 bits per heavy atom. The molecule has 2 aromatic rings. The zero-order valence-corrected chi connectivity index (χ0v) is 13.6. The highest BCUT2D eigenvalue weighted by molar-refractivity contribution is 5.93. The number of carbonyl (C=O) groups is 1. The second kappa shape index (κ2) is 5.91. The summed E-state index contributed by atoms with van der Waals surface area (Å²) in [4.78, 5) is 19.1. The molecule has 0 bridgehead atoms. The summed E-state index contributed by atoms with van der Waals surface area (Å²) in [5, 5.41) is 12.9. The average molecular weight is 323 g/mol. The van der Waals surface area contributed by atoms with Gasteiger partial charge in [-0.3, -0.25) is 4.79 Å². The topological polar surface area (TPSA) is 65.5 Å². The van der Waals surface area contributed by atoms with Gasteiger partial charge in [0.25, 0.3) is 5.91 Å². The van der Waals surface area contributed by atoms with Crippen LogP contribution >= 0.6 is 0 Å². The Morgan fingerprint density at radius 1 is 1.25 bits per heavy atom. The van der Waals surface area contributed by atoms with Gasteiger partial charge in [-0.1, -0.05) is 24.3 Å². The van der Waals surface area contributed by atoms with E-state index in [4.69, 9.17) is 0 Å². The lowest BCUT2D eigenvalue weighted by atomic mass is 9.87. The van der Waals surface area contributed by atoms with E-state index >= 15 is 0 Å². The summed E-state index contributed by atoms with van der Waals surface area (Å²) in [6.07, 6.45) is 1.33. The van der Waals surface area contributed by atoms with Gasteiger partial charge in [0, 0.05) is 25.6 Å². The number of aromatic nitrogens is 1. The molecule has 2 aliphatic rings. The Balaban J connectivity index is 1.72. The fourth-order valence-electron chi connectivity index (χ4n) is 4.11. The van der Waals surface area contributed by atoms with E-state index in [2.05, 4.69) is 29.4 Å². The Morgan fingerprint density at radius 3 is 2.83 bits per heavy atom. The first-order chi connectivity index (χ1) is 11.6. The summed E-state index contributed by atoms with van der Waals surface area (Å²) in [6, 6.07) is 11.5. The fourth-order valence-corrected chi connectivity index (χ4v) is 4.11. The molecule has 2 N–H and O–H groups in total. The van der Waals surface area contributed by atoms with Crippen LogP contribution in [0.5, 0.6) is 5.75 Å². The number of hydrogen-bond acceptors (Lipinski definition) is 4. The van der Waals surface area contributed by atoms with Crippen LogP contribution in [0.1, 0.15) is 27.7 Å². The predicted octanol–water partition coefficient (Wildman–Crippen LogP) is 2.13. The van der Waals surface area contributed by atoms with Crippen molar-refractivity contribution >= 4 is 5.91 Å². The van der Waals surface area contributed by atoms with Crippen LogP contribution in [0.3, 0.4) is 0 Å². The van der Waals surface area contributed by atoms with Crippen molar-refractivity contribution in [2.24, 2.45) is 11.8 Å². The maximum atomic E-state index is 13.0. The molecule has 0 unspecified atom stereocenters. The number of nitrogens with one attached hydrogen (secondary N) is 1. The molecule has 1 amide bonds. The molecule has 3 atom stereocenters. The smallest absolute Gasteiger partial charge is 0.272 e. The van der Waals surface area contributed by atoms with Crippen molar-refractivity contribution in [1.29, 1.82) is 0 Å². The number of carbonyl (C=O) groups excluding carboxylic acids is 1. The van der Waals surface area contributed by atoms with E-state index in [1.54, 1.807) is 6.07 Å². The van der Waals surface area contributed by atoms with Crippen LogP contribution in [0.25, 0.3) is 0 Å². The minimum atomic E-state index is -0.0577. The quantitative estimate of drug-likeness (QED) is 0.888. The molecule has 0 spiro atoms. The first-order valence-corrected chi connectivity index (χ1v) is 8.37. The lowest BCUT2D eigenvalue weighted by Crippen LogP contribution is -2.35. The highest BCUT2D eigenvalue weighted by atomic mass is 16.3. The summed E-state index contributed by atoms with van der Waals surface area (Å²) >= 11 is 0. The van der Waals surface area contributed by atoms with Gasteiger partial charge in [0.1, 0.15) is 11.4 Å². The van der Waals surface area contributed by atoms with Crippen molar-refractivity contribution < 1.29 is 9.90 Å². The van der Waals surface area contributed by atoms with Gasteiger partial charge in [0.05, 0.1) is 12.2 Å². The molecule has 5 nitrogen and oxygen atoms in total. The number of likely N-dealkylation sites (tertiary alicyclic amines) is 1. The molecule has 2 fully saturated rings. The Kier molecular flexibility index (Phi) is 3.73. The van der Waals surface area contributed by atoms with Crippen molar-refractivity contribution in [1.82, 2.24) is 15.2 Å². The van der Waals surface area contributed by atoms with Crippen LogP contribution in [0.4, 0.5) is 0 Å². The summed E-state index contributed by atoms with van der Waals surface area (Å²) in [5.41, 5.74) is 2.83. The molecular formula is C19H21N3O2. The molecule has 2 saturated heterocycles. The first-order valence-electron chi connectivity index (χ1n) is 8.37. The van der Waals surface area contributed by atoms with Gasteiger partial charge in [0.15, 0.2) is 0 Å². The third-order valence-corrected chi connectivity index (χ3v) is 5.30. The van der Waals surface area contributed by atoms with E-state index in [1.807, 2.05) is 17.0 Å². The number of benzene rings is 1. The standard InChI is InChI=1S/C19H21N3O2/c1-12-4-2-3-5-15(12)18-16-10-20-8-13(16)11-22(18)19(24)17-7-6-14(23)9-21-17/h2-7,9,13,16,18,20,23H,8,10-11H2,1H3/t13-,16-,18+/m0/s1. The molecule has 1 aromatic carbocycles. The number of aromatic hydroxyl groups is 1. The highest BCUT2D eigenvalue weighted by Gasteiger charge is 2.47. The van der Waals surface area contributed by atoms with Crippen LogP contribution in [0, 0.1) is 18.8 Å². The summed E-state index contributed by atoms with van der Waals surface area (Å²) in [7, 11) is 0. The normalized spacial score (nSPS) is 25.7. The molecule has 4 rings (SSSR count). The largest absolute Gasteiger partial charge is 0.506 e. The summed E-state index contributed by atoms with van der Waals surface area (Å²) < 4.78 is 0. The monoisotopic (exact) mass is 323 g/mol. The summed E-state index contributed by atoms with van der Waals surface area (Å²) in [6.45, 7) is 4.75. The minimum absolute atomic E-state index is 0.0577. The minimum Gasteiger partial charge on any atom is -0.506 e. The van der Waals surface area contributed by atoms with E-state index in [9.17, 15) is 9.90 Å². The van der Waals surface area contributed by atoms with Crippen LogP contribution in [-0.2, 0) is 0 Å². The molecule has 1 aromatic heterocycles. The van der Waals surface area contributed by atoms with Gasteiger partial charge < -0.3 is 15.3 Å². The van der Waals surface area contributed by atoms with E-state index in [1.165, 1.54) is 23.4 Å². The maximum absolute atomic E-state index is 13.0. The van der Waals surface area contributed by atoms with Crippen molar-refractivity contribution in [3.05, 3.63) is 59.4 Å². The number of amides is 1. The first kappa shape index (κ1) is 15.1. The molecule has 2 aliphatic heterocycles. The molecule has 3 heterocycles. The van der Waals surface area contributed by atoms with Gasteiger partial charge in [-0.25, -0.2) is 4.98 Å². The van der Waals surface area contributed by atoms with Crippen molar-refractivity contribution in [2.45, 2.75) is 13.0 Å². The molecule has 124 valence electrons. The lowest BCUT2D eigenvalue weighted by Gasteiger charge is -2.29. The summed E-state index contributed by atoms with van der Waals surface area (Å²) in [5.74, 6) is 0.935. The van der Waals surface area contributed by atoms with Gasteiger partial charge >= 0.3 is 0 Å². The van der Waals surface area contributed by atoms with Crippen LogP contribution in [0.2, 0.25) is 0 Å². The third-order valence-electron chi connectivity index (χ3n) is 5.30. The van der Waals surface area contributed by atoms with Gasteiger partial charge in [-0.15, -0.1) is 0 Å². The predicted molar refractivity (Wildman–Crippen MR) is 90.7 cm³/mol. The molecule has 0 aliphatic carbocycles. The Hall–Kier alpha value is -2.40. The zero-order valence-electron chi connectivity index (χ0n) is 13.6. The number of rotatable bonds is 2. The third kappa shape index (κ3) is 2.45. The highest BCUT2D eigenvalue weighted by Crippen LogP contribution is 2.44. The van der Waals surface area contributed by atoms with Gasteiger partial charge in [-0.2, -0.15) is 0 Å². The van der Waals surface area contributed by atoms with Crippen molar-refractivity contribution in [3.63, 3.8) is 0 Å². The number of fused-ring (bicyclic) bond motifs is 1. The molecule has 0 radical (unpaired) electrons. The van der Waals surface area contributed by atoms with Crippen LogP contribution in [-0.4, -0.2) is 40.5 Å². The van der Waals surface area contributed by atoms with Crippen LogP contribution < -0.4 is 5.32 Å². The molecule has 0 saturated carbocycles. The van der Waals surface area contributed by atoms with E-state index in [0.717, 1.165) is 19.6 Å². The molecule has 5 heteroatoms. The van der Waals surface area contributed by atoms with Crippen molar-refractivity contribution in [3.8, 4) is 5.75 Å². The van der Waals surface area contributed by atoms with Crippen molar-refractivity contribution in [2.75, 3.05) is 19.6 Å². The second-order valence-electron chi connectivity index (χ2n) is 6.74. The van der Waals surface area contributed by atoms with Crippen LogP contribution in [0.15, 0.2) is 42.6 Å². The molecular weight excluding hydrogens is 302 g/mol. The fraction of sp³-hybridized carbons (Fsp3) is 0.368. The Labute approximate surface area is 141 Å². The molecule has 24 heavy (non-hydrogen) atoms. The number of pyridine rings is 1. The zero-order chi connectivity index (χ0) is 16.7. The number of nitrogens with zero attached hydrogens (tertiary/aromatic N) is 2. The van der Waals surface area contributed by atoms with E-state index in [0.29, 0.717) is 17.5 Å².